The van der Waals surface area contributed by atoms with Crippen LogP contribution in [0.3, 0.4) is 0 Å². The Hall–Kier alpha value is -2.07. The van der Waals surface area contributed by atoms with Crippen LogP contribution < -0.4 is 0 Å². The minimum Gasteiger partial charge on any atom is -0.458 e. The maximum atomic E-state index is 12.7. The zero-order chi connectivity index (χ0) is 21.2. The quantitative estimate of drug-likeness (QED) is 0.306. The van der Waals surface area contributed by atoms with E-state index in [4.69, 9.17) is 4.74 Å². The van der Waals surface area contributed by atoms with Gasteiger partial charge in [-0.05, 0) is 31.6 Å². The lowest BCUT2D eigenvalue weighted by Crippen LogP contribution is -2.51. The highest BCUT2D eigenvalue weighted by Crippen LogP contribution is 2.66. The van der Waals surface area contributed by atoms with Crippen molar-refractivity contribution in [2.24, 2.45) is 23.2 Å². The van der Waals surface area contributed by atoms with Crippen LogP contribution in [-0.2, 0) is 23.9 Å². The Morgan fingerprint density at radius 3 is 2.25 bits per heavy atom. The van der Waals surface area contributed by atoms with Crippen LogP contribution in [0.2, 0.25) is 0 Å². The molecule has 0 spiro atoms. The van der Waals surface area contributed by atoms with Gasteiger partial charge in [0.1, 0.15) is 11.5 Å². The molecule has 0 radical (unpaired) electrons. The van der Waals surface area contributed by atoms with Crippen LogP contribution in [-0.4, -0.2) is 42.3 Å². The molecule has 3 rings (SSSR count). The summed E-state index contributed by atoms with van der Waals surface area (Å²) >= 11 is 0. The second-order valence-corrected chi connectivity index (χ2v) is 7.59. The van der Waals surface area contributed by atoms with Gasteiger partial charge in [0, 0.05) is 17.9 Å². The number of esters is 2. The second-order valence-electron chi connectivity index (χ2n) is 7.59. The third kappa shape index (κ3) is 2.98. The van der Waals surface area contributed by atoms with E-state index >= 15 is 0 Å². The van der Waals surface area contributed by atoms with Crippen LogP contribution in [0.15, 0.2) is 12.2 Å². The van der Waals surface area contributed by atoms with Gasteiger partial charge in [-0.1, -0.05) is 6.58 Å². The van der Waals surface area contributed by atoms with Gasteiger partial charge in [-0.15, -0.1) is 0 Å². The molecular formula is C17H16F6O5. The van der Waals surface area contributed by atoms with E-state index in [1.54, 1.807) is 0 Å². The smallest absolute Gasteiger partial charge is 0.434 e. The van der Waals surface area contributed by atoms with Gasteiger partial charge in [0.15, 0.2) is 5.78 Å². The van der Waals surface area contributed by atoms with Crippen molar-refractivity contribution in [3.05, 3.63) is 12.2 Å². The molecule has 0 aromatic heterocycles. The molecule has 2 bridgehead atoms. The molecule has 0 aliphatic heterocycles. The van der Waals surface area contributed by atoms with E-state index in [-0.39, 0.29) is 24.8 Å². The fraction of sp³-hybridized carbons (Fsp3) is 0.706. The van der Waals surface area contributed by atoms with Crippen LogP contribution in [0.5, 0.6) is 0 Å². The molecule has 0 N–H and O–H groups in total. The van der Waals surface area contributed by atoms with Crippen LogP contribution in [0.25, 0.3) is 0 Å². The van der Waals surface area contributed by atoms with Gasteiger partial charge >= 0.3 is 24.3 Å². The standard InChI is InChI=1S/C17H16F6O5/c1-6(2)12(25)27-11-7-3-9-8(11)4-10(24)15(9,5-7)14(26)28-13(16(18,19)20)17(21,22)23/h7-9,11,13H,1,3-5H2,2H3/t7?,8?,9?,11-,15?/m1/s1. The average molecular weight is 414 g/mol. The van der Waals surface area contributed by atoms with Crippen LogP contribution in [0, 0.1) is 23.2 Å². The third-order valence-corrected chi connectivity index (χ3v) is 5.87. The molecular weight excluding hydrogens is 398 g/mol. The largest absolute Gasteiger partial charge is 0.458 e. The zero-order valence-electron chi connectivity index (χ0n) is 14.5. The summed E-state index contributed by atoms with van der Waals surface area (Å²) in [7, 11) is 0. The third-order valence-electron chi connectivity index (χ3n) is 5.87. The second kappa shape index (κ2) is 6.21. The number of ketones is 1. The molecule has 5 atom stereocenters. The summed E-state index contributed by atoms with van der Waals surface area (Å²) in [5.74, 6) is -5.27. The van der Waals surface area contributed by atoms with Crippen molar-refractivity contribution in [2.75, 3.05) is 0 Å². The van der Waals surface area contributed by atoms with Crippen molar-refractivity contribution in [2.45, 2.75) is 50.7 Å². The maximum Gasteiger partial charge on any atom is 0.434 e. The Morgan fingerprint density at radius 1 is 1.18 bits per heavy atom. The van der Waals surface area contributed by atoms with Crippen molar-refractivity contribution in [3.63, 3.8) is 0 Å². The highest BCUT2D eigenvalue weighted by molar-refractivity contribution is 6.07. The molecule has 5 nitrogen and oxygen atoms in total. The van der Waals surface area contributed by atoms with Crippen molar-refractivity contribution >= 4 is 17.7 Å². The fourth-order valence-electron chi connectivity index (χ4n) is 4.81. The lowest BCUT2D eigenvalue weighted by Gasteiger charge is -2.35. The molecule has 3 aliphatic rings. The first-order valence-electron chi connectivity index (χ1n) is 8.44. The van der Waals surface area contributed by atoms with Gasteiger partial charge in [0.25, 0.3) is 6.10 Å². The molecule has 0 amide bonds. The number of fused-ring (bicyclic) bond motifs is 1. The van der Waals surface area contributed by atoms with Gasteiger partial charge in [0.05, 0.1) is 0 Å². The first-order chi connectivity index (χ1) is 12.7. The number of hydrogen-bond acceptors (Lipinski definition) is 5. The highest BCUT2D eigenvalue weighted by Gasteiger charge is 2.74. The molecule has 11 heteroatoms. The van der Waals surface area contributed by atoms with Crippen LogP contribution in [0.4, 0.5) is 26.3 Å². The van der Waals surface area contributed by atoms with E-state index in [2.05, 4.69) is 11.3 Å². The molecule has 0 saturated heterocycles. The summed E-state index contributed by atoms with van der Waals surface area (Å²) < 4.78 is 85.5. The van der Waals surface area contributed by atoms with E-state index in [9.17, 15) is 40.7 Å². The number of Topliss-reactive ketones (excluding diaryl/α,β-unsaturated/α-hetero) is 1. The summed E-state index contributed by atoms with van der Waals surface area (Å²) in [5, 5.41) is 0. The summed E-state index contributed by atoms with van der Waals surface area (Å²) in [4.78, 5) is 36.6. The molecule has 0 aromatic carbocycles. The number of rotatable bonds is 4. The predicted octanol–water partition coefficient (Wildman–Crippen LogP) is 3.13. The Morgan fingerprint density at radius 2 is 1.75 bits per heavy atom. The molecule has 3 fully saturated rings. The van der Waals surface area contributed by atoms with E-state index < -0.39 is 65.5 Å². The van der Waals surface area contributed by atoms with Crippen LogP contribution >= 0.6 is 0 Å². The number of alkyl halides is 6. The maximum absolute atomic E-state index is 12.7. The molecule has 0 heterocycles. The minimum atomic E-state index is -5.86. The molecule has 3 saturated carbocycles. The normalized spacial score (nSPS) is 34.1. The minimum absolute atomic E-state index is 0.107. The van der Waals surface area contributed by atoms with Crippen molar-refractivity contribution in [1.82, 2.24) is 0 Å². The molecule has 28 heavy (non-hydrogen) atoms. The Bertz CT molecular complexity index is 727. The van der Waals surface area contributed by atoms with Gasteiger partial charge in [-0.25, -0.2) is 4.79 Å². The highest BCUT2D eigenvalue weighted by atomic mass is 19.4. The monoisotopic (exact) mass is 414 g/mol. The first kappa shape index (κ1) is 20.7. The molecule has 156 valence electrons. The number of ether oxygens (including phenoxy) is 2. The van der Waals surface area contributed by atoms with E-state index in [0.29, 0.717) is 0 Å². The summed E-state index contributed by atoms with van der Waals surface area (Å²) in [6.45, 7) is 4.84. The van der Waals surface area contributed by atoms with E-state index in [1.807, 2.05) is 0 Å². The molecule has 4 unspecified atom stereocenters. The Kier molecular flexibility index (Phi) is 4.59. The average Bonchev–Trinajstić information content (AvgIpc) is 3.12. The van der Waals surface area contributed by atoms with E-state index in [0.717, 1.165) is 0 Å². The fourth-order valence-corrected chi connectivity index (χ4v) is 4.81. The van der Waals surface area contributed by atoms with Crippen LogP contribution in [0.1, 0.15) is 26.2 Å². The summed E-state index contributed by atoms with van der Waals surface area (Å²) in [5.41, 5.74) is -1.94. The Balaban J connectivity index is 1.83. The zero-order valence-corrected chi connectivity index (χ0v) is 14.5. The van der Waals surface area contributed by atoms with Gasteiger partial charge in [0.2, 0.25) is 0 Å². The lowest BCUT2D eigenvalue weighted by atomic mass is 9.73. The number of carbonyl (C=O) groups excluding carboxylic acids is 3. The number of hydrogen-bond donors (Lipinski definition) is 0. The van der Waals surface area contributed by atoms with Crippen molar-refractivity contribution in [3.8, 4) is 0 Å². The van der Waals surface area contributed by atoms with Crippen molar-refractivity contribution in [1.29, 1.82) is 0 Å². The summed E-state index contributed by atoms with van der Waals surface area (Å²) in [6.07, 6.45) is -17.1. The number of halogens is 6. The molecule has 3 aliphatic carbocycles. The van der Waals surface area contributed by atoms with E-state index in [1.165, 1.54) is 6.92 Å². The topological polar surface area (TPSA) is 69.7 Å². The number of carbonyl (C=O) groups is 3. The lowest BCUT2D eigenvalue weighted by molar-refractivity contribution is -0.315. The molecule has 0 aromatic rings. The van der Waals surface area contributed by atoms with Crippen molar-refractivity contribution < 1.29 is 50.2 Å². The van der Waals surface area contributed by atoms with Gasteiger partial charge in [-0.3, -0.25) is 9.59 Å². The SMILES string of the molecule is C=C(C)C(=O)O[C@@H]1C2CC3C1CC(=O)C3(C(=O)OC(C(F)(F)F)C(F)(F)F)C2. The summed E-state index contributed by atoms with van der Waals surface area (Å²) in [6, 6.07) is 0. The van der Waals surface area contributed by atoms with Gasteiger partial charge < -0.3 is 9.47 Å². The first-order valence-corrected chi connectivity index (χ1v) is 8.44. The predicted molar refractivity (Wildman–Crippen MR) is 78.4 cm³/mol. The Labute approximate surface area is 155 Å². The van der Waals surface area contributed by atoms with Gasteiger partial charge in [-0.2, -0.15) is 26.3 Å².